The van der Waals surface area contributed by atoms with Gasteiger partial charge in [0.25, 0.3) is 5.91 Å². The highest BCUT2D eigenvalue weighted by atomic mass is 32.1. The van der Waals surface area contributed by atoms with Gasteiger partial charge in [-0.2, -0.15) is 0 Å². The molecule has 3 aromatic rings. The van der Waals surface area contributed by atoms with Crippen molar-refractivity contribution >= 4 is 32.6 Å². The number of halogens is 2. The summed E-state index contributed by atoms with van der Waals surface area (Å²) in [7, 11) is 1.52. The first-order valence-corrected chi connectivity index (χ1v) is 8.02. The number of fused-ring (bicyclic) bond motifs is 1. The molecule has 1 aromatic heterocycles. The molecule has 0 saturated heterocycles. The Kier molecular flexibility index (Phi) is 4.82. The first-order valence-electron chi connectivity index (χ1n) is 7.21. The Morgan fingerprint density at radius 2 is 1.92 bits per heavy atom. The normalized spacial score (nSPS) is 11.0. The number of rotatable bonds is 5. The van der Waals surface area contributed by atoms with Gasteiger partial charge in [0.2, 0.25) is 0 Å². The molecule has 0 atom stereocenters. The summed E-state index contributed by atoms with van der Waals surface area (Å²) in [6, 6.07) is 10.2. The molecule has 0 fully saturated rings. The maximum absolute atomic E-state index is 13.4. The lowest BCUT2D eigenvalue weighted by molar-refractivity contribution is 0.0975. The third-order valence-electron chi connectivity index (χ3n) is 3.39. The molecule has 1 heterocycles. The van der Waals surface area contributed by atoms with Crippen molar-refractivity contribution in [2.75, 3.05) is 25.2 Å². The molecule has 0 saturated carbocycles. The lowest BCUT2D eigenvalue weighted by Crippen LogP contribution is -2.34. The third kappa shape index (κ3) is 3.42. The summed E-state index contributed by atoms with van der Waals surface area (Å²) in [6.45, 7) is 0.507. The van der Waals surface area contributed by atoms with Crippen LogP contribution in [-0.2, 0) is 4.74 Å². The molecule has 0 unspecified atom stereocenters. The second-order valence-electron chi connectivity index (χ2n) is 5.07. The van der Waals surface area contributed by atoms with E-state index in [-0.39, 0.29) is 18.7 Å². The number of amides is 1. The van der Waals surface area contributed by atoms with Crippen LogP contribution in [-0.4, -0.2) is 31.2 Å². The summed E-state index contributed by atoms with van der Waals surface area (Å²) in [5.41, 5.74) is 0.695. The second kappa shape index (κ2) is 7.02. The van der Waals surface area contributed by atoms with E-state index in [0.717, 1.165) is 28.4 Å². The standard InChI is InChI=1S/C17H14F2N2O2S/c1-23-7-6-21(16(22)11-8-12(18)10-13(19)9-11)17-20-14-4-2-3-5-15(14)24-17/h2-5,8-10H,6-7H2,1H3. The number of carbonyl (C=O) groups excluding carboxylic acids is 1. The number of hydrogen-bond acceptors (Lipinski definition) is 4. The van der Waals surface area contributed by atoms with E-state index in [1.54, 1.807) is 0 Å². The van der Waals surface area contributed by atoms with Crippen LogP contribution >= 0.6 is 11.3 Å². The molecule has 1 amide bonds. The van der Waals surface area contributed by atoms with Crippen LogP contribution in [0.5, 0.6) is 0 Å². The minimum absolute atomic E-state index is 0.0668. The van der Waals surface area contributed by atoms with Crippen molar-refractivity contribution in [3.63, 3.8) is 0 Å². The van der Waals surface area contributed by atoms with E-state index in [0.29, 0.717) is 5.13 Å². The van der Waals surface area contributed by atoms with Crippen molar-refractivity contribution in [2.45, 2.75) is 0 Å². The van der Waals surface area contributed by atoms with Gasteiger partial charge >= 0.3 is 0 Å². The topological polar surface area (TPSA) is 42.4 Å². The number of aromatic nitrogens is 1. The molecule has 4 nitrogen and oxygen atoms in total. The molecule has 3 rings (SSSR count). The van der Waals surface area contributed by atoms with E-state index >= 15 is 0 Å². The van der Waals surface area contributed by atoms with Crippen LogP contribution in [0, 0.1) is 11.6 Å². The molecule has 0 spiro atoms. The van der Waals surface area contributed by atoms with E-state index in [4.69, 9.17) is 4.74 Å². The van der Waals surface area contributed by atoms with E-state index in [9.17, 15) is 13.6 Å². The van der Waals surface area contributed by atoms with Crippen LogP contribution in [0.2, 0.25) is 0 Å². The number of para-hydroxylation sites is 1. The van der Waals surface area contributed by atoms with Gasteiger partial charge in [-0.05, 0) is 24.3 Å². The fraction of sp³-hybridized carbons (Fsp3) is 0.176. The number of anilines is 1. The Balaban J connectivity index is 2.00. The highest BCUT2D eigenvalue weighted by Crippen LogP contribution is 2.29. The highest BCUT2D eigenvalue weighted by Gasteiger charge is 2.22. The van der Waals surface area contributed by atoms with Crippen molar-refractivity contribution in [1.82, 2.24) is 4.98 Å². The maximum Gasteiger partial charge on any atom is 0.260 e. The Hall–Kier alpha value is -2.38. The predicted molar refractivity (Wildman–Crippen MR) is 89.5 cm³/mol. The fourth-order valence-electron chi connectivity index (χ4n) is 2.28. The molecule has 0 aliphatic rings. The van der Waals surface area contributed by atoms with Crippen molar-refractivity contribution in [1.29, 1.82) is 0 Å². The van der Waals surface area contributed by atoms with Gasteiger partial charge in [0.05, 0.1) is 23.4 Å². The van der Waals surface area contributed by atoms with E-state index in [1.807, 2.05) is 24.3 Å². The molecule has 7 heteroatoms. The molecule has 0 radical (unpaired) electrons. The van der Waals surface area contributed by atoms with Crippen LogP contribution in [0.25, 0.3) is 10.2 Å². The number of hydrogen-bond donors (Lipinski definition) is 0. The molecule has 0 aliphatic heterocycles. The van der Waals surface area contributed by atoms with Crippen LogP contribution in [0.3, 0.4) is 0 Å². The highest BCUT2D eigenvalue weighted by molar-refractivity contribution is 7.22. The average molecular weight is 348 g/mol. The summed E-state index contributed by atoms with van der Waals surface area (Å²) < 4.78 is 32.8. The van der Waals surface area contributed by atoms with Gasteiger partial charge in [-0.25, -0.2) is 13.8 Å². The molecule has 24 heavy (non-hydrogen) atoms. The predicted octanol–water partition coefficient (Wildman–Crippen LogP) is 3.87. The van der Waals surface area contributed by atoms with Crippen LogP contribution < -0.4 is 4.90 Å². The van der Waals surface area contributed by atoms with Gasteiger partial charge in [0, 0.05) is 18.7 Å². The van der Waals surface area contributed by atoms with E-state index in [2.05, 4.69) is 4.98 Å². The quantitative estimate of drug-likeness (QED) is 0.703. The van der Waals surface area contributed by atoms with E-state index in [1.165, 1.54) is 23.3 Å². The Morgan fingerprint density at radius 3 is 2.58 bits per heavy atom. The van der Waals surface area contributed by atoms with Crippen molar-refractivity contribution in [2.24, 2.45) is 0 Å². The lowest BCUT2D eigenvalue weighted by atomic mass is 10.2. The Morgan fingerprint density at radius 1 is 1.21 bits per heavy atom. The number of methoxy groups -OCH3 is 1. The smallest absolute Gasteiger partial charge is 0.260 e. The average Bonchev–Trinajstić information content (AvgIpc) is 2.97. The zero-order chi connectivity index (χ0) is 17.1. The first-order chi connectivity index (χ1) is 11.6. The third-order valence-corrected chi connectivity index (χ3v) is 4.45. The van der Waals surface area contributed by atoms with Crippen LogP contribution in [0.1, 0.15) is 10.4 Å². The number of ether oxygens (including phenoxy) is 1. The van der Waals surface area contributed by atoms with Gasteiger partial charge in [-0.3, -0.25) is 9.69 Å². The molecule has 0 N–H and O–H groups in total. The number of carbonyl (C=O) groups is 1. The monoisotopic (exact) mass is 348 g/mol. The fourth-order valence-corrected chi connectivity index (χ4v) is 3.27. The van der Waals surface area contributed by atoms with Crippen molar-refractivity contribution in [3.05, 3.63) is 59.7 Å². The van der Waals surface area contributed by atoms with Crippen LogP contribution in [0.15, 0.2) is 42.5 Å². The summed E-state index contributed by atoms with van der Waals surface area (Å²) >= 11 is 1.34. The second-order valence-corrected chi connectivity index (χ2v) is 6.08. The number of nitrogens with zero attached hydrogens (tertiary/aromatic N) is 2. The maximum atomic E-state index is 13.4. The Labute approximate surface area is 141 Å². The molecular weight excluding hydrogens is 334 g/mol. The van der Waals surface area contributed by atoms with Crippen molar-refractivity contribution in [3.8, 4) is 0 Å². The Bertz CT molecular complexity index is 829. The lowest BCUT2D eigenvalue weighted by Gasteiger charge is -2.19. The van der Waals surface area contributed by atoms with E-state index < -0.39 is 17.5 Å². The van der Waals surface area contributed by atoms with Crippen LogP contribution in [0.4, 0.5) is 13.9 Å². The molecule has 124 valence electrons. The summed E-state index contributed by atoms with van der Waals surface area (Å²) in [5, 5.41) is 0.461. The van der Waals surface area contributed by atoms with Crippen molar-refractivity contribution < 1.29 is 18.3 Å². The van der Waals surface area contributed by atoms with Gasteiger partial charge in [-0.15, -0.1) is 0 Å². The summed E-state index contributed by atoms with van der Waals surface area (Å²) in [4.78, 5) is 18.6. The SMILES string of the molecule is COCCN(C(=O)c1cc(F)cc(F)c1)c1nc2ccccc2s1. The number of thiazole rings is 1. The molecule has 0 bridgehead atoms. The zero-order valence-corrected chi connectivity index (χ0v) is 13.6. The molecule has 0 aliphatic carbocycles. The minimum atomic E-state index is -0.797. The summed E-state index contributed by atoms with van der Waals surface area (Å²) in [5.74, 6) is -2.12. The van der Waals surface area contributed by atoms with Gasteiger partial charge in [-0.1, -0.05) is 23.5 Å². The van der Waals surface area contributed by atoms with Gasteiger partial charge < -0.3 is 4.74 Å². The summed E-state index contributed by atoms with van der Waals surface area (Å²) in [6.07, 6.45) is 0. The largest absolute Gasteiger partial charge is 0.383 e. The number of benzene rings is 2. The minimum Gasteiger partial charge on any atom is -0.383 e. The van der Waals surface area contributed by atoms with Gasteiger partial charge in [0.15, 0.2) is 5.13 Å². The first kappa shape index (κ1) is 16.5. The zero-order valence-electron chi connectivity index (χ0n) is 12.8. The molecule has 2 aromatic carbocycles. The van der Waals surface area contributed by atoms with Gasteiger partial charge in [0.1, 0.15) is 11.6 Å². The molecular formula is C17H14F2N2O2S.